The first-order valence-electron chi connectivity index (χ1n) is 4.44. The second-order valence-corrected chi connectivity index (χ2v) is 3.33. The SMILES string of the molecule is Cc1cc(-c2cc(C(N)=O)[nH]n2)n(C)n1. The highest BCUT2D eigenvalue weighted by Gasteiger charge is 2.11. The highest BCUT2D eigenvalue weighted by molar-refractivity contribution is 5.91. The maximum Gasteiger partial charge on any atom is 0.266 e. The number of primary amides is 1. The Hall–Kier alpha value is -2.11. The van der Waals surface area contributed by atoms with Crippen molar-refractivity contribution in [1.29, 1.82) is 0 Å². The van der Waals surface area contributed by atoms with Crippen LogP contribution in [0.4, 0.5) is 0 Å². The van der Waals surface area contributed by atoms with Gasteiger partial charge in [-0.05, 0) is 19.1 Å². The van der Waals surface area contributed by atoms with Gasteiger partial charge in [0, 0.05) is 7.05 Å². The van der Waals surface area contributed by atoms with Crippen LogP contribution in [0.1, 0.15) is 16.2 Å². The zero-order chi connectivity index (χ0) is 11.0. The Morgan fingerprint density at radius 3 is 2.73 bits per heavy atom. The number of carbonyl (C=O) groups excluding carboxylic acids is 1. The Bertz CT molecular complexity index is 510. The number of hydrogen-bond acceptors (Lipinski definition) is 3. The van der Waals surface area contributed by atoms with Crippen molar-refractivity contribution in [3.8, 4) is 11.4 Å². The molecule has 3 N–H and O–H groups in total. The van der Waals surface area contributed by atoms with E-state index in [-0.39, 0.29) is 0 Å². The summed E-state index contributed by atoms with van der Waals surface area (Å²) in [4.78, 5) is 10.9. The van der Waals surface area contributed by atoms with Gasteiger partial charge in [-0.25, -0.2) is 0 Å². The van der Waals surface area contributed by atoms with E-state index in [1.54, 1.807) is 10.7 Å². The summed E-state index contributed by atoms with van der Waals surface area (Å²) in [5, 5.41) is 10.8. The lowest BCUT2D eigenvalue weighted by Gasteiger charge is -1.94. The number of nitrogens with two attached hydrogens (primary N) is 1. The Balaban J connectivity index is 2.45. The van der Waals surface area contributed by atoms with Crippen molar-refractivity contribution in [3.63, 3.8) is 0 Å². The van der Waals surface area contributed by atoms with Crippen molar-refractivity contribution >= 4 is 5.91 Å². The fourth-order valence-electron chi connectivity index (χ4n) is 1.43. The number of amides is 1. The van der Waals surface area contributed by atoms with Crippen LogP contribution in [-0.4, -0.2) is 25.9 Å². The lowest BCUT2D eigenvalue weighted by atomic mass is 10.2. The lowest BCUT2D eigenvalue weighted by molar-refractivity contribution is 0.0995. The molecule has 0 saturated carbocycles. The Kier molecular flexibility index (Phi) is 2.03. The van der Waals surface area contributed by atoms with Crippen LogP contribution < -0.4 is 5.73 Å². The van der Waals surface area contributed by atoms with E-state index in [2.05, 4.69) is 15.3 Å². The molecule has 2 heterocycles. The minimum Gasteiger partial charge on any atom is -0.364 e. The monoisotopic (exact) mass is 205 g/mol. The molecule has 1 amide bonds. The maximum atomic E-state index is 10.9. The molecule has 0 atom stereocenters. The predicted octanol–water partition coefficient (Wildman–Crippen LogP) is 0.218. The topological polar surface area (TPSA) is 89.6 Å². The van der Waals surface area contributed by atoms with Crippen molar-refractivity contribution in [1.82, 2.24) is 20.0 Å². The van der Waals surface area contributed by atoms with Gasteiger partial charge in [0.2, 0.25) is 0 Å². The van der Waals surface area contributed by atoms with Gasteiger partial charge in [-0.1, -0.05) is 0 Å². The maximum absolute atomic E-state index is 10.9. The van der Waals surface area contributed by atoms with Gasteiger partial charge in [0.25, 0.3) is 5.91 Å². The molecule has 6 heteroatoms. The first-order valence-corrected chi connectivity index (χ1v) is 4.44. The van der Waals surface area contributed by atoms with Gasteiger partial charge in [0.05, 0.1) is 11.4 Å². The highest BCUT2D eigenvalue weighted by atomic mass is 16.1. The number of aromatic amines is 1. The van der Waals surface area contributed by atoms with Crippen LogP contribution in [0.2, 0.25) is 0 Å². The zero-order valence-corrected chi connectivity index (χ0v) is 8.48. The van der Waals surface area contributed by atoms with Gasteiger partial charge < -0.3 is 5.73 Å². The third-order valence-electron chi connectivity index (χ3n) is 2.11. The van der Waals surface area contributed by atoms with Crippen LogP contribution in [-0.2, 0) is 7.05 Å². The van der Waals surface area contributed by atoms with E-state index >= 15 is 0 Å². The van der Waals surface area contributed by atoms with Crippen molar-refractivity contribution in [2.24, 2.45) is 12.8 Å². The number of rotatable bonds is 2. The van der Waals surface area contributed by atoms with E-state index in [1.165, 1.54) is 0 Å². The number of carbonyl (C=O) groups is 1. The van der Waals surface area contributed by atoms with Gasteiger partial charge in [-0.2, -0.15) is 10.2 Å². The van der Waals surface area contributed by atoms with E-state index in [0.29, 0.717) is 11.4 Å². The number of nitrogens with one attached hydrogen (secondary N) is 1. The molecule has 0 aliphatic carbocycles. The van der Waals surface area contributed by atoms with Crippen LogP contribution in [0.3, 0.4) is 0 Å². The molecule has 0 spiro atoms. The molecular formula is C9H11N5O. The Labute approximate surface area is 86.1 Å². The number of aryl methyl sites for hydroxylation is 2. The molecular weight excluding hydrogens is 194 g/mol. The molecule has 0 saturated heterocycles. The molecule has 0 unspecified atom stereocenters. The molecule has 0 aliphatic rings. The average molecular weight is 205 g/mol. The molecule has 0 aromatic carbocycles. The lowest BCUT2D eigenvalue weighted by Crippen LogP contribution is -2.10. The molecule has 0 fully saturated rings. The fourth-order valence-corrected chi connectivity index (χ4v) is 1.43. The average Bonchev–Trinajstić information content (AvgIpc) is 2.71. The highest BCUT2D eigenvalue weighted by Crippen LogP contribution is 2.17. The summed E-state index contributed by atoms with van der Waals surface area (Å²) < 4.78 is 1.70. The standard InChI is InChI=1S/C9H11N5O/c1-5-3-8(14(2)13-5)6-4-7(9(10)15)12-11-6/h3-4H,1-2H3,(H2,10,15)(H,11,12). The summed E-state index contributed by atoms with van der Waals surface area (Å²) in [7, 11) is 1.82. The van der Waals surface area contributed by atoms with Crippen LogP contribution in [0.15, 0.2) is 12.1 Å². The molecule has 2 aromatic heterocycles. The summed E-state index contributed by atoms with van der Waals surface area (Å²) >= 11 is 0. The summed E-state index contributed by atoms with van der Waals surface area (Å²) in [6.45, 7) is 1.89. The van der Waals surface area contributed by atoms with Crippen molar-refractivity contribution < 1.29 is 4.79 Å². The van der Waals surface area contributed by atoms with E-state index in [0.717, 1.165) is 11.4 Å². The molecule has 2 aromatic rings. The second-order valence-electron chi connectivity index (χ2n) is 3.33. The van der Waals surface area contributed by atoms with E-state index in [1.807, 2.05) is 20.0 Å². The largest absolute Gasteiger partial charge is 0.364 e. The minimum atomic E-state index is -0.521. The summed E-state index contributed by atoms with van der Waals surface area (Å²) in [6.07, 6.45) is 0. The van der Waals surface area contributed by atoms with Crippen LogP contribution >= 0.6 is 0 Å². The molecule has 6 nitrogen and oxygen atoms in total. The number of nitrogens with zero attached hydrogens (tertiary/aromatic N) is 3. The Morgan fingerprint density at radius 1 is 1.53 bits per heavy atom. The van der Waals surface area contributed by atoms with Gasteiger partial charge in [0.15, 0.2) is 0 Å². The Morgan fingerprint density at radius 2 is 2.27 bits per heavy atom. The third-order valence-corrected chi connectivity index (χ3v) is 2.11. The van der Waals surface area contributed by atoms with E-state index in [4.69, 9.17) is 5.73 Å². The fraction of sp³-hybridized carbons (Fsp3) is 0.222. The van der Waals surface area contributed by atoms with Crippen molar-refractivity contribution in [2.45, 2.75) is 6.92 Å². The summed E-state index contributed by atoms with van der Waals surface area (Å²) in [5.41, 5.74) is 7.81. The third kappa shape index (κ3) is 1.61. The van der Waals surface area contributed by atoms with E-state index in [9.17, 15) is 4.79 Å². The number of hydrogen-bond donors (Lipinski definition) is 2. The van der Waals surface area contributed by atoms with Gasteiger partial charge in [-0.3, -0.25) is 14.6 Å². The van der Waals surface area contributed by atoms with Crippen LogP contribution in [0.5, 0.6) is 0 Å². The minimum absolute atomic E-state index is 0.295. The van der Waals surface area contributed by atoms with Gasteiger partial charge >= 0.3 is 0 Å². The van der Waals surface area contributed by atoms with Gasteiger partial charge in [0.1, 0.15) is 11.4 Å². The molecule has 0 bridgehead atoms. The van der Waals surface area contributed by atoms with Crippen molar-refractivity contribution in [3.05, 3.63) is 23.5 Å². The van der Waals surface area contributed by atoms with Crippen molar-refractivity contribution in [2.75, 3.05) is 0 Å². The molecule has 2 rings (SSSR count). The van der Waals surface area contributed by atoms with Gasteiger partial charge in [-0.15, -0.1) is 0 Å². The normalized spacial score (nSPS) is 10.5. The predicted molar refractivity (Wildman–Crippen MR) is 54.0 cm³/mol. The quantitative estimate of drug-likeness (QED) is 0.734. The number of H-pyrrole nitrogens is 1. The molecule has 0 aliphatic heterocycles. The molecule has 15 heavy (non-hydrogen) atoms. The van der Waals surface area contributed by atoms with Crippen LogP contribution in [0.25, 0.3) is 11.4 Å². The smallest absolute Gasteiger partial charge is 0.266 e. The van der Waals surface area contributed by atoms with E-state index < -0.39 is 5.91 Å². The molecule has 78 valence electrons. The molecule has 0 radical (unpaired) electrons. The van der Waals surface area contributed by atoms with Crippen LogP contribution in [0, 0.1) is 6.92 Å². The zero-order valence-electron chi connectivity index (χ0n) is 8.48. The first kappa shape index (κ1) is 9.45. The summed E-state index contributed by atoms with van der Waals surface area (Å²) in [5.74, 6) is -0.521. The number of aromatic nitrogens is 4. The second kappa shape index (κ2) is 3.23. The first-order chi connectivity index (χ1) is 7.08. The summed E-state index contributed by atoms with van der Waals surface area (Å²) in [6, 6.07) is 3.50.